The molecule has 272 valence electrons. The highest BCUT2D eigenvalue weighted by Gasteiger charge is 2.32. The quantitative estimate of drug-likeness (QED) is 0.170. The Bertz CT molecular complexity index is 3050. The zero-order valence-corrected chi connectivity index (χ0v) is 31.7. The first-order valence-corrected chi connectivity index (χ1v) is 19.9. The maximum absolute atomic E-state index is 5.14. The fourth-order valence-corrected chi connectivity index (χ4v) is 8.91. The highest BCUT2D eigenvalue weighted by Crippen LogP contribution is 2.52. The number of benzene rings is 8. The average molecular weight is 740 g/mol. The van der Waals surface area contributed by atoms with Crippen LogP contribution in [0.1, 0.15) is 22.6 Å². The van der Waals surface area contributed by atoms with Crippen LogP contribution in [0.25, 0.3) is 84.0 Å². The van der Waals surface area contributed by atoms with Crippen LogP contribution < -0.4 is 0 Å². The number of hydrogen-bond acceptors (Lipinski definition) is 2. The Hall–Kier alpha value is -7.62. The van der Waals surface area contributed by atoms with Crippen molar-refractivity contribution in [2.45, 2.75) is 5.92 Å². The molecule has 2 heterocycles. The molecule has 2 aromatic heterocycles. The Morgan fingerprint density at radius 2 is 0.897 bits per heavy atom. The normalized spacial score (nSPS) is 13.0. The summed E-state index contributed by atoms with van der Waals surface area (Å²) in [6.07, 6.45) is 0. The molecule has 3 heteroatoms. The molecule has 3 nitrogen and oxygen atoms in total. The second-order valence-electron chi connectivity index (χ2n) is 14.9. The van der Waals surface area contributed by atoms with E-state index in [-0.39, 0.29) is 5.92 Å². The maximum Gasteiger partial charge on any atom is 0.160 e. The zero-order chi connectivity index (χ0) is 38.4. The van der Waals surface area contributed by atoms with Gasteiger partial charge < -0.3 is 4.57 Å². The molecular weight excluding hydrogens is 703 g/mol. The van der Waals surface area contributed by atoms with E-state index in [9.17, 15) is 0 Å². The Labute approximate surface area is 338 Å². The van der Waals surface area contributed by atoms with Gasteiger partial charge in [-0.3, -0.25) is 0 Å². The topological polar surface area (TPSA) is 30.7 Å². The molecule has 1 aliphatic rings. The summed E-state index contributed by atoms with van der Waals surface area (Å²) in [5.74, 6) is 0.707. The molecule has 1 unspecified atom stereocenters. The summed E-state index contributed by atoms with van der Waals surface area (Å²) in [5, 5.41) is 1.25. The molecule has 0 bridgehead atoms. The first-order chi connectivity index (χ1) is 28.8. The summed E-state index contributed by atoms with van der Waals surface area (Å²) < 4.78 is 2.46. The van der Waals surface area contributed by atoms with Crippen molar-refractivity contribution in [3.8, 4) is 73.1 Å². The minimum Gasteiger partial charge on any atom is -0.309 e. The smallest absolute Gasteiger partial charge is 0.160 e. The lowest BCUT2D eigenvalue weighted by molar-refractivity contribution is 0.985. The van der Waals surface area contributed by atoms with Crippen LogP contribution >= 0.6 is 0 Å². The number of nitrogens with zero attached hydrogens (tertiary/aromatic N) is 3. The predicted molar refractivity (Wildman–Crippen MR) is 239 cm³/mol. The van der Waals surface area contributed by atoms with Crippen molar-refractivity contribution in [2.75, 3.05) is 0 Å². The Kier molecular flexibility index (Phi) is 8.22. The van der Waals surface area contributed by atoms with E-state index < -0.39 is 0 Å². The van der Waals surface area contributed by atoms with Gasteiger partial charge in [0.05, 0.1) is 22.6 Å². The zero-order valence-electron chi connectivity index (χ0n) is 31.7. The lowest BCUT2D eigenvalue weighted by Gasteiger charge is -2.22. The van der Waals surface area contributed by atoms with E-state index in [0.717, 1.165) is 44.9 Å². The first-order valence-electron chi connectivity index (χ1n) is 19.9. The third-order valence-electron chi connectivity index (χ3n) is 11.5. The molecule has 0 fully saturated rings. The molecule has 10 aromatic rings. The SMILES string of the molecule is c1ccc(-c2cc(-c3ccccc3)nc(-c3cccc(-c4cccc(C5c6ccccc6-c6c(n(-c7ccccc7)c7ccccc67)-c6ccccc65)c4)c3)n2)cc1. The van der Waals surface area contributed by atoms with E-state index in [1.54, 1.807) is 0 Å². The van der Waals surface area contributed by atoms with Crippen molar-refractivity contribution < 1.29 is 0 Å². The van der Waals surface area contributed by atoms with Crippen molar-refractivity contribution in [3.05, 3.63) is 235 Å². The van der Waals surface area contributed by atoms with Gasteiger partial charge in [0.2, 0.25) is 0 Å². The highest BCUT2D eigenvalue weighted by atomic mass is 15.0. The molecule has 1 aliphatic carbocycles. The van der Waals surface area contributed by atoms with Gasteiger partial charge in [-0.15, -0.1) is 0 Å². The van der Waals surface area contributed by atoms with E-state index in [0.29, 0.717) is 5.82 Å². The Morgan fingerprint density at radius 3 is 1.60 bits per heavy atom. The van der Waals surface area contributed by atoms with Crippen molar-refractivity contribution in [1.82, 2.24) is 14.5 Å². The minimum atomic E-state index is 0.00485. The molecule has 0 saturated heterocycles. The summed E-state index contributed by atoms with van der Waals surface area (Å²) >= 11 is 0. The molecule has 11 rings (SSSR count). The van der Waals surface area contributed by atoms with Crippen LogP contribution in [0, 0.1) is 0 Å². The van der Waals surface area contributed by atoms with Gasteiger partial charge in [0.25, 0.3) is 0 Å². The molecule has 1 atom stereocenters. The van der Waals surface area contributed by atoms with Gasteiger partial charge in [-0.25, -0.2) is 9.97 Å². The van der Waals surface area contributed by atoms with Crippen molar-refractivity contribution >= 4 is 10.9 Å². The van der Waals surface area contributed by atoms with Crippen LogP contribution in [0.5, 0.6) is 0 Å². The van der Waals surface area contributed by atoms with Gasteiger partial charge >= 0.3 is 0 Å². The van der Waals surface area contributed by atoms with Crippen LogP contribution in [0.4, 0.5) is 0 Å². The fraction of sp³-hybridized carbons (Fsp3) is 0.0182. The molecule has 0 spiro atoms. The van der Waals surface area contributed by atoms with Crippen molar-refractivity contribution in [3.63, 3.8) is 0 Å². The van der Waals surface area contributed by atoms with Crippen LogP contribution in [0.15, 0.2) is 218 Å². The van der Waals surface area contributed by atoms with Crippen molar-refractivity contribution in [2.24, 2.45) is 0 Å². The van der Waals surface area contributed by atoms with Crippen molar-refractivity contribution in [1.29, 1.82) is 0 Å². The Morgan fingerprint density at radius 1 is 0.379 bits per heavy atom. The monoisotopic (exact) mass is 739 g/mol. The standard InChI is InChI=1S/C55H37N3/c1-4-18-37(19-5-1)49-36-50(38-20-6-2-7-21-38)57-55(56-49)42-25-17-23-40(35-42)39-22-16-24-41(34-39)52-44-28-10-11-29-45(44)53-48-32-14-15-33-51(48)58(43-26-8-3-9-27-43)54(53)47-31-13-12-30-46(47)52/h1-36,52H. The Balaban J connectivity index is 1.07. The summed E-state index contributed by atoms with van der Waals surface area (Å²) in [4.78, 5) is 10.3. The van der Waals surface area contributed by atoms with Crippen LogP contribution in [0.2, 0.25) is 0 Å². The molecular formula is C55H37N3. The van der Waals surface area contributed by atoms with Crippen LogP contribution in [-0.4, -0.2) is 14.5 Å². The molecule has 0 aliphatic heterocycles. The lowest BCUT2D eigenvalue weighted by Crippen LogP contribution is -2.06. The van der Waals surface area contributed by atoms with Gasteiger partial charge in [0, 0.05) is 44.8 Å². The van der Waals surface area contributed by atoms with Crippen LogP contribution in [-0.2, 0) is 0 Å². The van der Waals surface area contributed by atoms with E-state index in [1.165, 1.54) is 50.0 Å². The van der Waals surface area contributed by atoms with Gasteiger partial charge in [-0.05, 0) is 63.7 Å². The number of aromatic nitrogens is 3. The largest absolute Gasteiger partial charge is 0.309 e. The number of hydrogen-bond donors (Lipinski definition) is 0. The van der Waals surface area contributed by atoms with Gasteiger partial charge in [0.1, 0.15) is 0 Å². The minimum absolute atomic E-state index is 0.00485. The summed E-state index contributed by atoms with van der Waals surface area (Å²) in [6.45, 7) is 0. The first kappa shape index (κ1) is 33.7. The molecule has 0 amide bonds. The molecule has 58 heavy (non-hydrogen) atoms. The van der Waals surface area contributed by atoms with Gasteiger partial charge in [-0.1, -0.05) is 188 Å². The van der Waals surface area contributed by atoms with Gasteiger partial charge in [-0.2, -0.15) is 0 Å². The van der Waals surface area contributed by atoms with E-state index in [2.05, 4.69) is 211 Å². The third-order valence-corrected chi connectivity index (χ3v) is 11.5. The van der Waals surface area contributed by atoms with E-state index in [4.69, 9.17) is 9.97 Å². The van der Waals surface area contributed by atoms with E-state index >= 15 is 0 Å². The summed E-state index contributed by atoms with van der Waals surface area (Å²) in [5.41, 5.74) is 18.4. The molecule has 0 saturated carbocycles. The molecule has 0 N–H and O–H groups in total. The fourth-order valence-electron chi connectivity index (χ4n) is 8.91. The highest BCUT2D eigenvalue weighted by molar-refractivity contribution is 6.08. The van der Waals surface area contributed by atoms with E-state index in [1.807, 2.05) is 12.1 Å². The third kappa shape index (κ3) is 5.75. The number of rotatable bonds is 6. The summed E-state index contributed by atoms with van der Waals surface area (Å²) in [6, 6.07) is 78.2. The predicted octanol–water partition coefficient (Wildman–Crippen LogP) is 13.9. The molecule has 0 radical (unpaired) electrons. The summed E-state index contributed by atoms with van der Waals surface area (Å²) in [7, 11) is 0. The van der Waals surface area contributed by atoms with Gasteiger partial charge in [0.15, 0.2) is 5.82 Å². The average Bonchev–Trinajstić information content (AvgIpc) is 3.59. The van der Waals surface area contributed by atoms with Crippen LogP contribution in [0.3, 0.4) is 0 Å². The lowest BCUT2D eigenvalue weighted by atomic mass is 9.81. The maximum atomic E-state index is 5.14. The second-order valence-corrected chi connectivity index (χ2v) is 14.9. The molecule has 8 aromatic carbocycles. The number of fused-ring (bicyclic) bond motifs is 7. The second kappa shape index (κ2) is 14.1. The number of para-hydroxylation sites is 2.